The highest BCUT2D eigenvalue weighted by Crippen LogP contribution is 2.16. The standard InChI is InChI=1S/C14H18FNO4/c1-14(2,3)20-13(18)16-11(12(17)19-4)9-5-7-10(15)8-6-9/h5-8,11H,1-4H3,(H,16,18)/t11-/m0/s1. The van der Waals surface area contributed by atoms with E-state index in [1.807, 2.05) is 0 Å². The van der Waals surface area contributed by atoms with Crippen molar-refractivity contribution >= 4 is 12.1 Å². The van der Waals surface area contributed by atoms with Crippen LogP contribution in [0.15, 0.2) is 24.3 Å². The fourth-order valence-electron chi connectivity index (χ4n) is 1.48. The van der Waals surface area contributed by atoms with Gasteiger partial charge in [0.1, 0.15) is 11.4 Å². The molecule has 5 nitrogen and oxygen atoms in total. The third-order valence-electron chi connectivity index (χ3n) is 2.30. The zero-order chi connectivity index (χ0) is 15.3. The SMILES string of the molecule is COC(=O)[C@@H](NC(=O)OC(C)(C)C)c1ccc(F)cc1. The number of halogens is 1. The van der Waals surface area contributed by atoms with E-state index in [1.165, 1.54) is 31.4 Å². The molecular formula is C14H18FNO4. The Morgan fingerprint density at radius 3 is 2.20 bits per heavy atom. The molecule has 1 aromatic carbocycles. The quantitative estimate of drug-likeness (QED) is 0.866. The van der Waals surface area contributed by atoms with Crippen LogP contribution in [0.1, 0.15) is 32.4 Å². The first kappa shape index (κ1) is 15.9. The van der Waals surface area contributed by atoms with E-state index < -0.39 is 29.5 Å². The van der Waals surface area contributed by atoms with Crippen LogP contribution < -0.4 is 5.32 Å². The molecule has 110 valence electrons. The number of carbonyl (C=O) groups excluding carboxylic acids is 2. The lowest BCUT2D eigenvalue weighted by atomic mass is 10.1. The second-order valence-corrected chi connectivity index (χ2v) is 5.15. The van der Waals surface area contributed by atoms with Gasteiger partial charge in [-0.2, -0.15) is 0 Å². The van der Waals surface area contributed by atoms with Gasteiger partial charge in [-0.05, 0) is 38.5 Å². The molecule has 0 radical (unpaired) electrons. The Labute approximate surface area is 117 Å². The van der Waals surface area contributed by atoms with Crippen molar-refractivity contribution in [3.05, 3.63) is 35.6 Å². The minimum atomic E-state index is -1.05. The highest BCUT2D eigenvalue weighted by atomic mass is 19.1. The van der Waals surface area contributed by atoms with E-state index in [4.69, 9.17) is 4.74 Å². The Bertz CT molecular complexity index is 479. The van der Waals surface area contributed by atoms with Crippen molar-refractivity contribution in [3.63, 3.8) is 0 Å². The molecule has 0 saturated carbocycles. The molecule has 0 fully saturated rings. The van der Waals surface area contributed by atoms with Crippen LogP contribution in [-0.2, 0) is 14.3 Å². The lowest BCUT2D eigenvalue weighted by Gasteiger charge is -2.22. The third-order valence-corrected chi connectivity index (χ3v) is 2.30. The van der Waals surface area contributed by atoms with E-state index >= 15 is 0 Å². The smallest absolute Gasteiger partial charge is 0.408 e. The highest BCUT2D eigenvalue weighted by molar-refractivity contribution is 5.82. The molecule has 0 aliphatic carbocycles. The fraction of sp³-hybridized carbons (Fsp3) is 0.429. The van der Waals surface area contributed by atoms with Gasteiger partial charge in [-0.25, -0.2) is 14.0 Å². The minimum absolute atomic E-state index is 0.407. The Morgan fingerprint density at radius 1 is 1.20 bits per heavy atom. The minimum Gasteiger partial charge on any atom is -0.467 e. The van der Waals surface area contributed by atoms with Crippen molar-refractivity contribution in [1.29, 1.82) is 0 Å². The summed E-state index contributed by atoms with van der Waals surface area (Å²) in [6.45, 7) is 5.12. The van der Waals surface area contributed by atoms with Gasteiger partial charge in [0.2, 0.25) is 0 Å². The molecule has 1 N–H and O–H groups in total. The van der Waals surface area contributed by atoms with Gasteiger partial charge < -0.3 is 14.8 Å². The van der Waals surface area contributed by atoms with Crippen LogP contribution in [0.5, 0.6) is 0 Å². The van der Waals surface area contributed by atoms with Gasteiger partial charge in [0.15, 0.2) is 6.04 Å². The summed E-state index contributed by atoms with van der Waals surface area (Å²) in [6.07, 6.45) is -0.753. The van der Waals surface area contributed by atoms with E-state index in [0.717, 1.165) is 0 Å². The first-order valence-corrected chi connectivity index (χ1v) is 6.06. The second kappa shape index (κ2) is 6.36. The van der Waals surface area contributed by atoms with Gasteiger partial charge in [-0.1, -0.05) is 12.1 Å². The number of esters is 1. The Morgan fingerprint density at radius 2 is 1.75 bits per heavy atom. The van der Waals surface area contributed by atoms with Crippen LogP contribution in [-0.4, -0.2) is 24.8 Å². The molecular weight excluding hydrogens is 265 g/mol. The van der Waals surface area contributed by atoms with Gasteiger partial charge in [-0.15, -0.1) is 0 Å². The molecule has 0 unspecified atom stereocenters. The number of hydrogen-bond acceptors (Lipinski definition) is 4. The molecule has 0 spiro atoms. The lowest BCUT2D eigenvalue weighted by Crippen LogP contribution is -2.38. The number of ether oxygens (including phenoxy) is 2. The molecule has 0 bridgehead atoms. The molecule has 0 heterocycles. The van der Waals surface area contributed by atoms with Gasteiger partial charge >= 0.3 is 12.1 Å². The molecule has 1 rings (SSSR count). The van der Waals surface area contributed by atoms with Crippen molar-refractivity contribution in [2.45, 2.75) is 32.4 Å². The number of alkyl carbamates (subject to hydrolysis) is 1. The van der Waals surface area contributed by atoms with Crippen LogP contribution in [0.3, 0.4) is 0 Å². The summed E-state index contributed by atoms with van der Waals surface area (Å²) in [5, 5.41) is 2.40. The zero-order valence-electron chi connectivity index (χ0n) is 11.9. The van der Waals surface area contributed by atoms with Crippen molar-refractivity contribution < 1.29 is 23.5 Å². The summed E-state index contributed by atoms with van der Waals surface area (Å²) in [5.41, 5.74) is -0.280. The molecule has 0 aliphatic rings. The molecule has 1 atom stereocenters. The lowest BCUT2D eigenvalue weighted by molar-refractivity contribution is -0.143. The first-order valence-electron chi connectivity index (χ1n) is 6.06. The van der Waals surface area contributed by atoms with Crippen LogP contribution >= 0.6 is 0 Å². The first-order chi connectivity index (χ1) is 9.23. The van der Waals surface area contributed by atoms with Crippen molar-refractivity contribution in [1.82, 2.24) is 5.32 Å². The topological polar surface area (TPSA) is 64.6 Å². The van der Waals surface area contributed by atoms with E-state index in [1.54, 1.807) is 20.8 Å². The maximum Gasteiger partial charge on any atom is 0.408 e. The number of hydrogen-bond donors (Lipinski definition) is 1. The van der Waals surface area contributed by atoms with Crippen LogP contribution in [0.2, 0.25) is 0 Å². The predicted octanol–water partition coefficient (Wildman–Crippen LogP) is 2.56. The largest absolute Gasteiger partial charge is 0.467 e. The summed E-state index contributed by atoms with van der Waals surface area (Å²) in [6, 6.07) is 4.14. The number of amides is 1. The van der Waals surface area contributed by atoms with E-state index in [0.29, 0.717) is 5.56 Å². The molecule has 0 aliphatic heterocycles. The Balaban J connectivity index is 2.88. The molecule has 0 saturated heterocycles. The van der Waals surface area contributed by atoms with Crippen LogP contribution in [0.25, 0.3) is 0 Å². The maximum atomic E-state index is 12.9. The maximum absolute atomic E-state index is 12.9. The van der Waals surface area contributed by atoms with E-state index in [2.05, 4.69) is 10.1 Å². The van der Waals surface area contributed by atoms with Gasteiger partial charge in [0.25, 0.3) is 0 Å². The summed E-state index contributed by atoms with van der Waals surface area (Å²) in [7, 11) is 1.20. The number of methoxy groups -OCH3 is 1. The molecule has 0 aromatic heterocycles. The third kappa shape index (κ3) is 4.87. The summed E-state index contributed by atoms with van der Waals surface area (Å²) in [5.74, 6) is -1.10. The number of benzene rings is 1. The number of nitrogens with one attached hydrogen (secondary N) is 1. The van der Waals surface area contributed by atoms with Gasteiger partial charge in [-0.3, -0.25) is 0 Å². The van der Waals surface area contributed by atoms with Crippen LogP contribution in [0, 0.1) is 5.82 Å². The average Bonchev–Trinajstić information content (AvgIpc) is 2.34. The molecule has 6 heteroatoms. The summed E-state index contributed by atoms with van der Waals surface area (Å²) in [4.78, 5) is 23.4. The van der Waals surface area contributed by atoms with Crippen molar-refractivity contribution in [3.8, 4) is 0 Å². The average molecular weight is 283 g/mol. The Hall–Kier alpha value is -2.11. The molecule has 20 heavy (non-hydrogen) atoms. The van der Waals surface area contributed by atoms with E-state index in [9.17, 15) is 14.0 Å². The highest BCUT2D eigenvalue weighted by Gasteiger charge is 2.26. The van der Waals surface area contributed by atoms with Crippen molar-refractivity contribution in [2.24, 2.45) is 0 Å². The van der Waals surface area contributed by atoms with Gasteiger partial charge in [0.05, 0.1) is 7.11 Å². The monoisotopic (exact) mass is 283 g/mol. The zero-order valence-corrected chi connectivity index (χ0v) is 11.9. The van der Waals surface area contributed by atoms with E-state index in [-0.39, 0.29) is 0 Å². The molecule has 1 amide bonds. The van der Waals surface area contributed by atoms with Gasteiger partial charge in [0, 0.05) is 0 Å². The summed E-state index contributed by atoms with van der Waals surface area (Å²) < 4.78 is 22.6. The van der Waals surface area contributed by atoms with Crippen LogP contribution in [0.4, 0.5) is 9.18 Å². The number of carbonyl (C=O) groups is 2. The molecule has 1 aromatic rings. The Kier molecular flexibility index (Phi) is 5.07. The fourth-order valence-corrected chi connectivity index (χ4v) is 1.48. The normalized spacial score (nSPS) is 12.4. The predicted molar refractivity (Wildman–Crippen MR) is 70.5 cm³/mol. The second-order valence-electron chi connectivity index (χ2n) is 5.15. The van der Waals surface area contributed by atoms with Crippen molar-refractivity contribution in [2.75, 3.05) is 7.11 Å². The number of rotatable bonds is 3. The summed E-state index contributed by atoms with van der Waals surface area (Å²) >= 11 is 0.